The molecule has 0 spiro atoms. The Hall–Kier alpha value is -1.09. The Morgan fingerprint density at radius 3 is 2.71 bits per heavy atom. The minimum atomic E-state index is -0.702. The summed E-state index contributed by atoms with van der Waals surface area (Å²) in [5.74, 6) is -0.00795. The fourth-order valence-electron chi connectivity index (χ4n) is 2.54. The summed E-state index contributed by atoms with van der Waals surface area (Å²) in [7, 11) is 0. The number of aliphatic hydroxyl groups is 1. The van der Waals surface area contributed by atoms with Crippen LogP contribution >= 0.6 is 0 Å². The van der Waals surface area contributed by atoms with Crippen LogP contribution in [0.2, 0.25) is 0 Å². The van der Waals surface area contributed by atoms with Gasteiger partial charge < -0.3 is 10.0 Å². The number of aliphatic hydroxyl groups excluding tert-OH is 1. The van der Waals surface area contributed by atoms with Gasteiger partial charge in [0.15, 0.2) is 6.23 Å². The maximum atomic E-state index is 11.9. The van der Waals surface area contributed by atoms with Crippen LogP contribution in [0.1, 0.15) is 46.0 Å². The van der Waals surface area contributed by atoms with E-state index in [2.05, 4.69) is 6.08 Å². The summed E-state index contributed by atoms with van der Waals surface area (Å²) in [5, 5.41) is 9.96. The van der Waals surface area contributed by atoms with Gasteiger partial charge in [0.25, 0.3) is 5.91 Å². The second-order valence-electron chi connectivity index (χ2n) is 5.04. The second kappa shape index (κ2) is 5.05. The summed E-state index contributed by atoms with van der Waals surface area (Å²) in [5.41, 5.74) is 2.95. The highest BCUT2D eigenvalue weighted by molar-refractivity contribution is 5.96. The number of rotatable bonds is 3. The molecule has 94 valence electrons. The molecule has 1 amide bonds. The van der Waals surface area contributed by atoms with E-state index in [4.69, 9.17) is 0 Å². The highest BCUT2D eigenvalue weighted by atomic mass is 16.3. The topological polar surface area (TPSA) is 40.5 Å². The van der Waals surface area contributed by atoms with Gasteiger partial charge in [0, 0.05) is 12.1 Å². The third kappa shape index (κ3) is 2.44. The van der Waals surface area contributed by atoms with E-state index < -0.39 is 6.23 Å². The van der Waals surface area contributed by atoms with Crippen LogP contribution in [-0.4, -0.2) is 28.7 Å². The van der Waals surface area contributed by atoms with Crippen molar-refractivity contribution in [1.29, 1.82) is 0 Å². The molecule has 0 aromatic carbocycles. The van der Waals surface area contributed by atoms with Gasteiger partial charge >= 0.3 is 0 Å². The Balaban J connectivity index is 1.93. The summed E-state index contributed by atoms with van der Waals surface area (Å²) in [4.78, 5) is 13.5. The molecule has 17 heavy (non-hydrogen) atoms. The molecule has 1 N–H and O–H groups in total. The third-order valence-corrected chi connectivity index (χ3v) is 3.91. The SMILES string of the molecule is CC1=C(C)[C@H](O)N(CCC2=CCCCC2)C1=O. The van der Waals surface area contributed by atoms with Crippen molar-refractivity contribution < 1.29 is 9.90 Å². The minimum absolute atomic E-state index is 0.00795. The third-order valence-electron chi connectivity index (χ3n) is 3.91. The Morgan fingerprint density at radius 1 is 1.41 bits per heavy atom. The first-order chi connectivity index (χ1) is 8.11. The number of carbonyl (C=O) groups excluding carboxylic acids is 1. The van der Waals surface area contributed by atoms with Crippen LogP contribution in [0.15, 0.2) is 22.8 Å². The molecule has 1 aliphatic heterocycles. The second-order valence-corrected chi connectivity index (χ2v) is 5.04. The summed E-state index contributed by atoms with van der Waals surface area (Å²) in [6, 6.07) is 0. The number of hydrogen-bond acceptors (Lipinski definition) is 2. The summed E-state index contributed by atoms with van der Waals surface area (Å²) < 4.78 is 0. The van der Waals surface area contributed by atoms with Gasteiger partial charge in [0.1, 0.15) is 0 Å². The minimum Gasteiger partial charge on any atom is -0.369 e. The lowest BCUT2D eigenvalue weighted by molar-refractivity contribution is -0.131. The molecule has 1 atom stereocenters. The molecule has 1 aliphatic carbocycles. The molecule has 0 aromatic heterocycles. The van der Waals surface area contributed by atoms with Gasteiger partial charge in [-0.1, -0.05) is 11.6 Å². The van der Waals surface area contributed by atoms with Crippen LogP contribution in [0.25, 0.3) is 0 Å². The summed E-state index contributed by atoms with van der Waals surface area (Å²) >= 11 is 0. The lowest BCUT2D eigenvalue weighted by Gasteiger charge is -2.23. The molecule has 2 rings (SSSR count). The number of allylic oxidation sites excluding steroid dienone is 1. The first-order valence-electron chi connectivity index (χ1n) is 6.45. The highest BCUT2D eigenvalue weighted by Crippen LogP contribution is 2.26. The fourth-order valence-corrected chi connectivity index (χ4v) is 2.54. The van der Waals surface area contributed by atoms with Crippen molar-refractivity contribution in [3.8, 4) is 0 Å². The van der Waals surface area contributed by atoms with E-state index >= 15 is 0 Å². The standard InChI is InChI=1S/C14H21NO2/c1-10-11(2)14(17)15(13(10)16)9-8-12-6-4-3-5-7-12/h6,13,16H,3-5,7-9H2,1-2H3/t13-/m0/s1. The number of hydrogen-bond donors (Lipinski definition) is 1. The Morgan fingerprint density at radius 2 is 2.18 bits per heavy atom. The molecule has 3 nitrogen and oxygen atoms in total. The largest absolute Gasteiger partial charge is 0.369 e. The zero-order chi connectivity index (χ0) is 12.4. The Bertz CT molecular complexity index is 382. The molecule has 0 unspecified atom stereocenters. The Kier molecular flexibility index (Phi) is 3.67. The van der Waals surface area contributed by atoms with Crippen LogP contribution in [0.4, 0.5) is 0 Å². The first-order valence-corrected chi connectivity index (χ1v) is 6.45. The van der Waals surface area contributed by atoms with E-state index in [1.165, 1.54) is 24.8 Å². The van der Waals surface area contributed by atoms with Crippen LogP contribution < -0.4 is 0 Å². The van der Waals surface area contributed by atoms with E-state index in [-0.39, 0.29) is 5.91 Å². The van der Waals surface area contributed by atoms with Crippen molar-refractivity contribution in [3.05, 3.63) is 22.8 Å². The van der Waals surface area contributed by atoms with Crippen molar-refractivity contribution >= 4 is 5.91 Å². The van der Waals surface area contributed by atoms with Crippen molar-refractivity contribution in [1.82, 2.24) is 4.90 Å². The monoisotopic (exact) mass is 235 g/mol. The maximum absolute atomic E-state index is 11.9. The van der Waals surface area contributed by atoms with Crippen molar-refractivity contribution in [3.63, 3.8) is 0 Å². The predicted octanol–water partition coefficient (Wildman–Crippen LogP) is 2.37. The first kappa shape index (κ1) is 12.4. The molecule has 0 bridgehead atoms. The Labute approximate surface area is 103 Å². The average Bonchev–Trinajstić information content (AvgIpc) is 2.54. The van der Waals surface area contributed by atoms with E-state index in [1.54, 1.807) is 11.8 Å². The van der Waals surface area contributed by atoms with E-state index in [1.807, 2.05) is 6.92 Å². The quantitative estimate of drug-likeness (QED) is 0.763. The molecule has 0 radical (unpaired) electrons. The maximum Gasteiger partial charge on any atom is 0.251 e. The van der Waals surface area contributed by atoms with Gasteiger partial charge in [-0.25, -0.2) is 0 Å². The molecule has 0 saturated carbocycles. The molecular formula is C14H21NO2. The van der Waals surface area contributed by atoms with E-state index in [0.29, 0.717) is 12.1 Å². The van der Waals surface area contributed by atoms with Gasteiger partial charge in [-0.05, 0) is 51.5 Å². The normalized spacial score (nSPS) is 25.6. The lowest BCUT2D eigenvalue weighted by Crippen LogP contribution is -2.36. The van der Waals surface area contributed by atoms with Crippen molar-refractivity contribution in [2.45, 2.75) is 52.2 Å². The molecule has 0 saturated heterocycles. The van der Waals surface area contributed by atoms with Crippen molar-refractivity contribution in [2.75, 3.05) is 6.54 Å². The number of nitrogens with zero attached hydrogens (tertiary/aromatic N) is 1. The van der Waals surface area contributed by atoms with E-state index in [9.17, 15) is 9.90 Å². The molecular weight excluding hydrogens is 214 g/mol. The average molecular weight is 235 g/mol. The number of amides is 1. The van der Waals surface area contributed by atoms with Gasteiger partial charge in [-0.2, -0.15) is 0 Å². The molecule has 0 aromatic rings. The molecule has 1 heterocycles. The number of carbonyl (C=O) groups is 1. The van der Waals surface area contributed by atoms with E-state index in [0.717, 1.165) is 18.4 Å². The zero-order valence-electron chi connectivity index (χ0n) is 10.7. The lowest BCUT2D eigenvalue weighted by atomic mass is 9.97. The fraction of sp³-hybridized carbons (Fsp3) is 0.643. The van der Waals surface area contributed by atoms with Crippen molar-refractivity contribution in [2.24, 2.45) is 0 Å². The molecule has 3 heteroatoms. The predicted molar refractivity (Wildman–Crippen MR) is 67.3 cm³/mol. The van der Waals surface area contributed by atoms with Gasteiger partial charge in [-0.15, -0.1) is 0 Å². The van der Waals surface area contributed by atoms with Gasteiger partial charge in [0.05, 0.1) is 0 Å². The van der Waals surface area contributed by atoms with Gasteiger partial charge in [0.2, 0.25) is 0 Å². The summed E-state index contributed by atoms with van der Waals surface area (Å²) in [6.45, 7) is 4.26. The smallest absolute Gasteiger partial charge is 0.251 e. The molecule has 0 fully saturated rings. The van der Waals surface area contributed by atoms with Crippen LogP contribution in [0, 0.1) is 0 Å². The van der Waals surface area contributed by atoms with Crippen LogP contribution in [0.5, 0.6) is 0 Å². The summed E-state index contributed by atoms with van der Waals surface area (Å²) in [6.07, 6.45) is 7.37. The molecule has 2 aliphatic rings. The van der Waals surface area contributed by atoms with Gasteiger partial charge in [-0.3, -0.25) is 4.79 Å². The van der Waals surface area contributed by atoms with Crippen LogP contribution in [0.3, 0.4) is 0 Å². The zero-order valence-corrected chi connectivity index (χ0v) is 10.7. The highest BCUT2D eigenvalue weighted by Gasteiger charge is 2.32. The van der Waals surface area contributed by atoms with Crippen LogP contribution in [-0.2, 0) is 4.79 Å².